The van der Waals surface area contributed by atoms with Crippen LogP contribution < -0.4 is 0 Å². The van der Waals surface area contributed by atoms with Crippen LogP contribution >= 0.6 is 0 Å². The summed E-state index contributed by atoms with van der Waals surface area (Å²) in [6, 6.07) is 3.46. The third-order valence-electron chi connectivity index (χ3n) is 2.18. The number of carbonyl (C=O) groups is 1. The summed E-state index contributed by atoms with van der Waals surface area (Å²) >= 11 is 0. The molecule has 0 bridgehead atoms. The maximum absolute atomic E-state index is 12.4. The lowest BCUT2D eigenvalue weighted by Crippen LogP contribution is -2.27. The van der Waals surface area contributed by atoms with E-state index in [0.29, 0.717) is 6.20 Å². The van der Waals surface area contributed by atoms with Crippen LogP contribution in [-0.4, -0.2) is 16.6 Å². The lowest BCUT2D eigenvalue weighted by molar-refractivity contribution is -0.155. The summed E-state index contributed by atoms with van der Waals surface area (Å²) in [6.45, 7) is 4.87. The van der Waals surface area contributed by atoms with Crippen molar-refractivity contribution >= 4 is 5.97 Å². The number of halogens is 3. The molecular formula is C13H13F3N2O2. The van der Waals surface area contributed by atoms with Crippen molar-refractivity contribution in [1.29, 1.82) is 5.26 Å². The maximum Gasteiger partial charge on any atom is 0.417 e. The van der Waals surface area contributed by atoms with Gasteiger partial charge in [0.15, 0.2) is 5.92 Å². The highest BCUT2D eigenvalue weighted by molar-refractivity contribution is 5.81. The van der Waals surface area contributed by atoms with E-state index in [4.69, 9.17) is 10.00 Å². The normalized spacial score (nSPS) is 13.4. The zero-order valence-electron chi connectivity index (χ0n) is 11.2. The molecule has 0 unspecified atom stereocenters. The first-order valence-corrected chi connectivity index (χ1v) is 5.70. The van der Waals surface area contributed by atoms with Crippen molar-refractivity contribution in [2.24, 2.45) is 0 Å². The van der Waals surface area contributed by atoms with Gasteiger partial charge in [-0.2, -0.15) is 18.4 Å². The smallest absolute Gasteiger partial charge is 0.417 e. The van der Waals surface area contributed by atoms with E-state index >= 15 is 0 Å². The van der Waals surface area contributed by atoms with Crippen molar-refractivity contribution in [2.75, 3.05) is 0 Å². The molecule has 1 aromatic heterocycles. The van der Waals surface area contributed by atoms with E-state index in [1.54, 1.807) is 26.8 Å². The Balaban J connectivity index is 2.98. The van der Waals surface area contributed by atoms with Gasteiger partial charge >= 0.3 is 12.1 Å². The fraction of sp³-hybridized carbons (Fsp3) is 0.462. The third-order valence-corrected chi connectivity index (χ3v) is 2.18. The lowest BCUT2D eigenvalue weighted by Gasteiger charge is -2.21. The number of nitriles is 1. The van der Waals surface area contributed by atoms with Gasteiger partial charge in [0.05, 0.1) is 17.3 Å². The number of hydrogen-bond donors (Lipinski definition) is 0. The Morgan fingerprint density at radius 3 is 2.30 bits per heavy atom. The number of hydrogen-bond acceptors (Lipinski definition) is 4. The molecule has 0 amide bonds. The van der Waals surface area contributed by atoms with Gasteiger partial charge < -0.3 is 4.74 Å². The van der Waals surface area contributed by atoms with Crippen molar-refractivity contribution in [3.8, 4) is 6.07 Å². The molecule has 1 aromatic rings. The van der Waals surface area contributed by atoms with Crippen LogP contribution in [0.1, 0.15) is 37.9 Å². The Kier molecular flexibility index (Phi) is 4.38. The summed E-state index contributed by atoms with van der Waals surface area (Å²) < 4.78 is 42.2. The van der Waals surface area contributed by atoms with Crippen molar-refractivity contribution < 1.29 is 22.7 Å². The first-order valence-electron chi connectivity index (χ1n) is 5.70. The molecule has 4 nitrogen and oxygen atoms in total. The van der Waals surface area contributed by atoms with Crippen LogP contribution in [0.4, 0.5) is 13.2 Å². The zero-order chi connectivity index (χ0) is 15.6. The monoisotopic (exact) mass is 286 g/mol. The molecule has 0 saturated carbocycles. The van der Waals surface area contributed by atoms with Crippen LogP contribution in [0.2, 0.25) is 0 Å². The number of alkyl halides is 3. The minimum absolute atomic E-state index is 0.0743. The van der Waals surface area contributed by atoms with E-state index in [2.05, 4.69) is 4.98 Å². The van der Waals surface area contributed by atoms with Crippen LogP contribution in [0.3, 0.4) is 0 Å². The fourth-order valence-corrected chi connectivity index (χ4v) is 1.34. The van der Waals surface area contributed by atoms with Gasteiger partial charge in [-0.05, 0) is 32.9 Å². The third kappa shape index (κ3) is 4.23. The van der Waals surface area contributed by atoms with Crippen LogP contribution in [0.15, 0.2) is 18.3 Å². The molecule has 7 heteroatoms. The molecule has 108 valence electrons. The van der Waals surface area contributed by atoms with E-state index in [9.17, 15) is 18.0 Å². The topological polar surface area (TPSA) is 63.0 Å². The van der Waals surface area contributed by atoms with Gasteiger partial charge in [0.1, 0.15) is 5.60 Å². The Labute approximate surface area is 114 Å². The molecular weight excluding hydrogens is 273 g/mol. The second-order valence-corrected chi connectivity index (χ2v) is 5.07. The summed E-state index contributed by atoms with van der Waals surface area (Å²) in [4.78, 5) is 15.3. The van der Waals surface area contributed by atoms with Crippen molar-refractivity contribution in [3.05, 3.63) is 29.6 Å². The summed E-state index contributed by atoms with van der Waals surface area (Å²) in [7, 11) is 0. The van der Waals surface area contributed by atoms with Crippen molar-refractivity contribution in [1.82, 2.24) is 4.98 Å². The summed E-state index contributed by atoms with van der Waals surface area (Å²) in [5, 5.41) is 8.96. The molecule has 0 aliphatic carbocycles. The fourth-order valence-electron chi connectivity index (χ4n) is 1.34. The van der Waals surface area contributed by atoms with E-state index in [0.717, 1.165) is 12.1 Å². The van der Waals surface area contributed by atoms with Crippen LogP contribution in [0.25, 0.3) is 0 Å². The molecule has 0 aromatic carbocycles. The molecule has 0 saturated heterocycles. The number of esters is 1. The van der Waals surface area contributed by atoms with Crippen LogP contribution in [0, 0.1) is 11.3 Å². The minimum atomic E-state index is -4.51. The number of aromatic nitrogens is 1. The number of nitrogens with zero attached hydrogens (tertiary/aromatic N) is 2. The summed E-state index contributed by atoms with van der Waals surface area (Å²) in [5.74, 6) is -2.19. The highest BCUT2D eigenvalue weighted by atomic mass is 19.4. The maximum atomic E-state index is 12.4. The van der Waals surface area contributed by atoms with Gasteiger partial charge in [-0.1, -0.05) is 0 Å². The van der Waals surface area contributed by atoms with Crippen molar-refractivity contribution in [3.63, 3.8) is 0 Å². The van der Waals surface area contributed by atoms with Gasteiger partial charge in [-0.3, -0.25) is 9.78 Å². The first-order chi connectivity index (χ1) is 9.04. The van der Waals surface area contributed by atoms with Gasteiger partial charge in [0, 0.05) is 6.20 Å². The van der Waals surface area contributed by atoms with E-state index < -0.39 is 29.2 Å². The molecule has 0 N–H and O–H groups in total. The second-order valence-electron chi connectivity index (χ2n) is 5.07. The average Bonchev–Trinajstić information content (AvgIpc) is 2.27. The molecule has 0 radical (unpaired) electrons. The first kappa shape index (κ1) is 16.0. The number of carbonyl (C=O) groups excluding carboxylic acids is 1. The van der Waals surface area contributed by atoms with E-state index in [-0.39, 0.29) is 5.69 Å². The van der Waals surface area contributed by atoms with Gasteiger partial charge in [-0.25, -0.2) is 0 Å². The van der Waals surface area contributed by atoms with E-state index in [1.807, 2.05) is 0 Å². The number of rotatable bonds is 2. The Morgan fingerprint density at radius 1 is 1.35 bits per heavy atom. The predicted octanol–water partition coefficient (Wildman–Crippen LogP) is 3.05. The second kappa shape index (κ2) is 5.49. The van der Waals surface area contributed by atoms with E-state index in [1.165, 1.54) is 0 Å². The Hall–Kier alpha value is -2.10. The summed E-state index contributed by atoms with van der Waals surface area (Å²) in [5.41, 5.74) is -1.81. The molecule has 0 aliphatic heterocycles. The SMILES string of the molecule is CC(C)(C)OC(=O)[C@H](C#N)c1ccc(C(F)(F)F)cn1. The molecule has 1 atom stereocenters. The largest absolute Gasteiger partial charge is 0.459 e. The Morgan fingerprint density at radius 2 is 1.95 bits per heavy atom. The standard InChI is InChI=1S/C13H13F3N2O2/c1-12(2,3)20-11(19)9(6-17)10-5-4-8(7-18-10)13(14,15)16/h4-5,7,9H,1-3H3/t9-/m1/s1. The molecule has 1 rings (SSSR count). The molecule has 0 fully saturated rings. The van der Waals surface area contributed by atoms with Gasteiger partial charge in [0.25, 0.3) is 0 Å². The lowest BCUT2D eigenvalue weighted by atomic mass is 10.1. The van der Waals surface area contributed by atoms with Crippen LogP contribution in [-0.2, 0) is 15.7 Å². The molecule has 0 aliphatic rings. The van der Waals surface area contributed by atoms with Crippen molar-refractivity contribution in [2.45, 2.75) is 38.5 Å². The highest BCUT2D eigenvalue weighted by Crippen LogP contribution is 2.29. The average molecular weight is 286 g/mol. The molecule has 1 heterocycles. The quantitative estimate of drug-likeness (QED) is 0.784. The highest BCUT2D eigenvalue weighted by Gasteiger charge is 2.32. The molecule has 20 heavy (non-hydrogen) atoms. The zero-order valence-corrected chi connectivity index (χ0v) is 11.2. The molecule has 0 spiro atoms. The Bertz CT molecular complexity index is 525. The summed E-state index contributed by atoms with van der Waals surface area (Å²) in [6.07, 6.45) is -3.93. The number of pyridine rings is 1. The minimum Gasteiger partial charge on any atom is -0.459 e. The van der Waals surface area contributed by atoms with Gasteiger partial charge in [-0.15, -0.1) is 0 Å². The predicted molar refractivity (Wildman–Crippen MR) is 63.4 cm³/mol. The number of ether oxygens (including phenoxy) is 1. The van der Waals surface area contributed by atoms with Gasteiger partial charge in [0.2, 0.25) is 0 Å². The van der Waals surface area contributed by atoms with Crippen LogP contribution in [0.5, 0.6) is 0 Å².